The Balaban J connectivity index is 3.05. The molecule has 0 aliphatic rings. The van der Waals surface area contributed by atoms with Crippen molar-refractivity contribution in [1.82, 2.24) is 0 Å². The van der Waals surface area contributed by atoms with Crippen LogP contribution in [0.4, 0.5) is 5.69 Å². The predicted octanol–water partition coefficient (Wildman–Crippen LogP) is 2.22. The van der Waals surface area contributed by atoms with Gasteiger partial charge in [0.1, 0.15) is 6.04 Å². The Kier molecular flexibility index (Phi) is 4.36. The van der Waals surface area contributed by atoms with Crippen molar-refractivity contribution in [3.8, 4) is 6.07 Å². The topological polar surface area (TPSA) is 61.2 Å². The number of benzene rings is 1. The van der Waals surface area contributed by atoms with Gasteiger partial charge in [0, 0.05) is 12.7 Å². The van der Waals surface area contributed by atoms with Crippen molar-refractivity contribution >= 4 is 15.5 Å². The Morgan fingerprint density at radius 2 is 1.67 bits per heavy atom. The van der Waals surface area contributed by atoms with Crippen molar-refractivity contribution in [3.05, 3.63) is 24.3 Å². The molecule has 98 valence electrons. The molecule has 0 heterocycles. The van der Waals surface area contributed by atoms with Crippen LogP contribution in [0.15, 0.2) is 29.2 Å². The summed E-state index contributed by atoms with van der Waals surface area (Å²) in [5.41, 5.74) is 0.826. The van der Waals surface area contributed by atoms with Crippen molar-refractivity contribution < 1.29 is 8.42 Å². The third-order valence-electron chi connectivity index (χ3n) is 2.96. The van der Waals surface area contributed by atoms with Crippen molar-refractivity contribution in [2.45, 2.75) is 37.0 Å². The van der Waals surface area contributed by atoms with E-state index in [1.165, 1.54) is 0 Å². The lowest BCUT2D eigenvalue weighted by atomic mass is 10.2. The van der Waals surface area contributed by atoms with E-state index in [-0.39, 0.29) is 6.04 Å². The van der Waals surface area contributed by atoms with Crippen LogP contribution in [0.25, 0.3) is 0 Å². The second-order valence-electron chi connectivity index (χ2n) is 4.50. The van der Waals surface area contributed by atoms with Crippen LogP contribution in [-0.2, 0) is 9.84 Å². The number of anilines is 1. The molecule has 1 atom stereocenters. The zero-order valence-corrected chi connectivity index (χ0v) is 11.9. The first-order valence-electron chi connectivity index (χ1n) is 5.77. The van der Waals surface area contributed by atoms with Crippen LogP contribution in [0, 0.1) is 11.3 Å². The molecule has 4 nitrogen and oxygen atoms in total. The van der Waals surface area contributed by atoms with E-state index in [1.807, 2.05) is 0 Å². The Bertz CT molecular complexity index is 541. The number of nitrogens with zero attached hydrogens (tertiary/aromatic N) is 2. The molecule has 1 unspecified atom stereocenters. The molecular weight excluding hydrogens is 248 g/mol. The van der Waals surface area contributed by atoms with Crippen LogP contribution in [0.2, 0.25) is 0 Å². The molecule has 1 aromatic carbocycles. The Labute approximate surface area is 109 Å². The van der Waals surface area contributed by atoms with Gasteiger partial charge in [-0.05, 0) is 45.0 Å². The summed E-state index contributed by atoms with van der Waals surface area (Å²) < 4.78 is 23.9. The van der Waals surface area contributed by atoms with Gasteiger partial charge in [0.05, 0.1) is 16.2 Å². The van der Waals surface area contributed by atoms with E-state index in [9.17, 15) is 8.42 Å². The number of nitriles is 1. The molecule has 0 amide bonds. The van der Waals surface area contributed by atoms with Gasteiger partial charge in [0.2, 0.25) is 0 Å². The van der Waals surface area contributed by atoms with E-state index in [4.69, 9.17) is 5.26 Å². The summed E-state index contributed by atoms with van der Waals surface area (Å²) in [4.78, 5) is 2.12. The lowest BCUT2D eigenvalue weighted by molar-refractivity contribution is 0.587. The van der Waals surface area contributed by atoms with Gasteiger partial charge in [0.25, 0.3) is 0 Å². The van der Waals surface area contributed by atoms with E-state index in [0.717, 1.165) is 5.69 Å². The molecule has 0 aliphatic heterocycles. The molecule has 0 N–H and O–H groups in total. The van der Waals surface area contributed by atoms with Crippen LogP contribution in [-0.4, -0.2) is 26.8 Å². The summed E-state index contributed by atoms with van der Waals surface area (Å²) in [6.07, 6.45) is 0. The van der Waals surface area contributed by atoms with Gasteiger partial charge in [-0.3, -0.25) is 0 Å². The second-order valence-corrected chi connectivity index (χ2v) is 7.01. The number of hydrogen-bond donors (Lipinski definition) is 0. The number of sulfone groups is 1. The molecule has 0 bridgehead atoms. The van der Waals surface area contributed by atoms with Crippen LogP contribution in [0.3, 0.4) is 0 Å². The van der Waals surface area contributed by atoms with Crippen LogP contribution < -0.4 is 4.90 Å². The van der Waals surface area contributed by atoms with Gasteiger partial charge >= 0.3 is 0 Å². The maximum atomic E-state index is 11.9. The smallest absolute Gasteiger partial charge is 0.180 e. The Hall–Kier alpha value is -1.54. The summed E-state index contributed by atoms with van der Waals surface area (Å²) in [6.45, 7) is 5.11. The third-order valence-corrected chi connectivity index (χ3v) is 5.13. The molecule has 0 radical (unpaired) electrons. The largest absolute Gasteiger partial charge is 0.359 e. The predicted molar refractivity (Wildman–Crippen MR) is 72.2 cm³/mol. The fraction of sp³-hybridized carbons (Fsp3) is 0.462. The Morgan fingerprint density at radius 3 is 2.06 bits per heavy atom. The summed E-state index contributed by atoms with van der Waals surface area (Å²) in [5, 5.41) is 8.40. The number of rotatable bonds is 4. The average molecular weight is 266 g/mol. The summed E-state index contributed by atoms with van der Waals surface area (Å²) in [5.74, 6) is 0. The summed E-state index contributed by atoms with van der Waals surface area (Å²) in [6, 6.07) is 8.51. The van der Waals surface area contributed by atoms with Gasteiger partial charge in [-0.25, -0.2) is 8.42 Å². The molecule has 0 fully saturated rings. The van der Waals surface area contributed by atoms with Crippen molar-refractivity contribution in [2.75, 3.05) is 11.9 Å². The van der Waals surface area contributed by atoms with E-state index in [0.29, 0.717) is 4.90 Å². The second kappa shape index (κ2) is 5.40. The molecule has 18 heavy (non-hydrogen) atoms. The molecule has 1 aromatic rings. The van der Waals surface area contributed by atoms with E-state index in [2.05, 4.69) is 6.07 Å². The highest BCUT2D eigenvalue weighted by atomic mass is 32.2. The third kappa shape index (κ3) is 2.82. The van der Waals surface area contributed by atoms with Gasteiger partial charge < -0.3 is 4.90 Å². The molecule has 0 aromatic heterocycles. The molecular formula is C13H18N2O2S. The van der Waals surface area contributed by atoms with Gasteiger partial charge in [-0.2, -0.15) is 5.26 Å². The fourth-order valence-corrected chi connectivity index (χ4v) is 2.51. The lowest BCUT2D eigenvalue weighted by Crippen LogP contribution is -2.27. The minimum absolute atomic E-state index is 0.252. The SMILES string of the molecule is CC(C#N)N(C)c1ccc(S(=O)(=O)C(C)C)cc1. The lowest BCUT2D eigenvalue weighted by Gasteiger charge is -2.21. The van der Waals surface area contributed by atoms with E-state index >= 15 is 0 Å². The molecule has 0 spiro atoms. The fourth-order valence-electron chi connectivity index (χ4n) is 1.45. The summed E-state index contributed by atoms with van der Waals surface area (Å²) in [7, 11) is -1.42. The van der Waals surface area contributed by atoms with Gasteiger partial charge in [-0.15, -0.1) is 0 Å². The Morgan fingerprint density at radius 1 is 1.17 bits per heavy atom. The minimum atomic E-state index is -3.23. The van der Waals surface area contributed by atoms with Crippen molar-refractivity contribution in [1.29, 1.82) is 5.26 Å². The average Bonchev–Trinajstić information content (AvgIpc) is 2.36. The molecule has 1 rings (SSSR count). The van der Waals surface area contributed by atoms with Crippen molar-refractivity contribution in [2.24, 2.45) is 0 Å². The zero-order chi connectivity index (χ0) is 13.9. The normalized spacial score (nSPS) is 13.1. The van der Waals surface area contributed by atoms with Crippen LogP contribution in [0.1, 0.15) is 20.8 Å². The van der Waals surface area contributed by atoms with Crippen LogP contribution in [0.5, 0.6) is 0 Å². The standard InChI is InChI=1S/C13H18N2O2S/c1-10(2)18(16,17)13-7-5-12(6-8-13)15(4)11(3)9-14/h5-8,10-11H,1-4H3. The van der Waals surface area contributed by atoms with E-state index < -0.39 is 15.1 Å². The highest BCUT2D eigenvalue weighted by molar-refractivity contribution is 7.92. The molecule has 0 saturated carbocycles. The van der Waals surface area contributed by atoms with Crippen molar-refractivity contribution in [3.63, 3.8) is 0 Å². The first-order chi connectivity index (χ1) is 8.30. The monoisotopic (exact) mass is 266 g/mol. The van der Waals surface area contributed by atoms with Gasteiger partial charge in [0.15, 0.2) is 9.84 Å². The maximum absolute atomic E-state index is 11.9. The minimum Gasteiger partial charge on any atom is -0.359 e. The quantitative estimate of drug-likeness (QED) is 0.838. The van der Waals surface area contributed by atoms with E-state index in [1.54, 1.807) is 57.0 Å². The maximum Gasteiger partial charge on any atom is 0.180 e. The number of hydrogen-bond acceptors (Lipinski definition) is 4. The molecule has 0 saturated heterocycles. The summed E-state index contributed by atoms with van der Waals surface area (Å²) >= 11 is 0. The first-order valence-corrected chi connectivity index (χ1v) is 7.31. The highest BCUT2D eigenvalue weighted by Crippen LogP contribution is 2.21. The highest BCUT2D eigenvalue weighted by Gasteiger charge is 2.19. The molecule has 0 aliphatic carbocycles. The zero-order valence-electron chi connectivity index (χ0n) is 11.1. The first kappa shape index (κ1) is 14.5. The molecule has 5 heteroatoms. The van der Waals surface area contributed by atoms with Gasteiger partial charge in [-0.1, -0.05) is 0 Å². The van der Waals surface area contributed by atoms with Crippen LogP contribution >= 0.6 is 0 Å².